The first kappa shape index (κ1) is 34.1. The molecule has 0 bridgehead atoms. The van der Waals surface area contributed by atoms with Crippen LogP contribution in [0.2, 0.25) is 0 Å². The average molecular weight is 698 g/mol. The van der Waals surface area contributed by atoms with E-state index in [0.717, 1.165) is 82.4 Å². The van der Waals surface area contributed by atoms with Gasteiger partial charge in [0.05, 0.1) is 0 Å². The zero-order valence-electron chi connectivity index (χ0n) is 30.4. The molecule has 248 valence electrons. The molecule has 9 aromatic carbocycles. The lowest BCUT2D eigenvalue weighted by Gasteiger charge is -2.25. The van der Waals surface area contributed by atoms with E-state index in [1.807, 2.05) is 30.3 Å². The predicted molar refractivity (Wildman–Crippen MR) is 243 cm³/mol. The minimum absolute atomic E-state index is 0.198. The van der Waals surface area contributed by atoms with Gasteiger partial charge in [-0.2, -0.15) is 0 Å². The van der Waals surface area contributed by atoms with Gasteiger partial charge in [0.25, 0.3) is 0 Å². The van der Waals surface area contributed by atoms with E-state index < -0.39 is 0 Å². The molecule has 1 heterocycles. The smallest absolute Gasteiger partial charge is 0.135 e. The maximum absolute atomic E-state index is 6.66. The number of hydrogen-bond acceptors (Lipinski definition) is 1. The van der Waals surface area contributed by atoms with E-state index in [1.54, 1.807) is 0 Å². The highest BCUT2D eigenvalue weighted by molar-refractivity contribution is 6.69. The van der Waals surface area contributed by atoms with Gasteiger partial charge in [-0.3, -0.25) is 0 Å². The summed E-state index contributed by atoms with van der Waals surface area (Å²) in [6, 6.07) is 57.4. The lowest BCUT2D eigenvalue weighted by Crippen LogP contribution is -2.55. The quantitative estimate of drug-likeness (QED) is 0.131. The molecule has 10 rings (SSSR count). The molecule has 0 aliphatic carbocycles. The van der Waals surface area contributed by atoms with Crippen LogP contribution in [0, 0.1) is 0 Å². The van der Waals surface area contributed by atoms with Gasteiger partial charge in [0, 0.05) is 10.8 Å². The van der Waals surface area contributed by atoms with Crippen LogP contribution in [0.1, 0.15) is 0 Å². The third-order valence-electron chi connectivity index (χ3n) is 11.2. The minimum atomic E-state index is 0.198. The summed E-state index contributed by atoms with van der Waals surface area (Å²) >= 11 is 0. The molecule has 0 unspecified atom stereocenters. The molecular formula is C50H27B5O. The Bertz CT molecular complexity index is 3100. The van der Waals surface area contributed by atoms with Crippen LogP contribution in [0.15, 0.2) is 168 Å². The number of fused-ring (bicyclic) bond motifs is 5. The fourth-order valence-electron chi connectivity index (χ4n) is 8.30. The molecule has 0 amide bonds. The summed E-state index contributed by atoms with van der Waals surface area (Å²) in [5.74, 6) is 0. The van der Waals surface area contributed by atoms with Crippen LogP contribution in [0.5, 0.6) is 0 Å². The normalized spacial score (nSPS) is 11.6. The summed E-state index contributed by atoms with van der Waals surface area (Å²) in [7, 11) is 32.3. The van der Waals surface area contributed by atoms with Gasteiger partial charge in [-0.25, -0.2) is 0 Å². The Kier molecular flexibility index (Phi) is 8.19. The van der Waals surface area contributed by atoms with E-state index in [4.69, 9.17) is 43.6 Å². The van der Waals surface area contributed by atoms with Gasteiger partial charge in [-0.15, -0.1) is 16.4 Å². The molecule has 1 nitrogen and oxygen atoms in total. The monoisotopic (exact) mass is 698 g/mol. The Balaban J connectivity index is 1.07. The second kappa shape index (κ2) is 13.4. The molecule has 10 radical (unpaired) electrons. The molecule has 56 heavy (non-hydrogen) atoms. The molecule has 1 aromatic heterocycles. The zero-order chi connectivity index (χ0) is 38.1. The van der Waals surface area contributed by atoms with Crippen molar-refractivity contribution in [3.05, 3.63) is 164 Å². The molecule has 0 atom stereocenters. The molecule has 6 heteroatoms. The van der Waals surface area contributed by atoms with Gasteiger partial charge in [0.1, 0.15) is 50.4 Å². The number of benzene rings is 9. The summed E-state index contributed by atoms with van der Waals surface area (Å²) in [5.41, 5.74) is 13.6. The lowest BCUT2D eigenvalue weighted by molar-refractivity contribution is 0.669. The SMILES string of the molecule is [B]c1c([B])c([B])c(-c2c3ccccc3c(-c3ccc(-c4ccc5oc6ccc(-c7cccc(-c8ccccc8)c7)cc6c5c4)cc3)c3ccccc23)c([B])c1[B]. The number of hydrogen-bond donors (Lipinski definition) is 0. The van der Waals surface area contributed by atoms with E-state index in [-0.39, 0.29) is 16.4 Å². The van der Waals surface area contributed by atoms with Gasteiger partial charge in [-0.05, 0) is 108 Å². The molecule has 0 fully saturated rings. The second-order valence-electron chi connectivity index (χ2n) is 14.3. The summed E-state index contributed by atoms with van der Waals surface area (Å²) < 4.78 is 6.33. The van der Waals surface area contributed by atoms with Gasteiger partial charge >= 0.3 is 0 Å². The van der Waals surface area contributed by atoms with Gasteiger partial charge in [-0.1, -0.05) is 144 Å². The van der Waals surface area contributed by atoms with Crippen molar-refractivity contribution < 1.29 is 4.42 Å². The highest BCUT2D eigenvalue weighted by Gasteiger charge is 2.21. The van der Waals surface area contributed by atoms with Crippen LogP contribution >= 0.6 is 0 Å². The van der Waals surface area contributed by atoms with Gasteiger partial charge in [0.15, 0.2) is 0 Å². The van der Waals surface area contributed by atoms with Crippen molar-refractivity contribution in [2.24, 2.45) is 0 Å². The van der Waals surface area contributed by atoms with Crippen molar-refractivity contribution >= 4 is 110 Å². The van der Waals surface area contributed by atoms with Crippen LogP contribution in [0.4, 0.5) is 0 Å². The van der Waals surface area contributed by atoms with Crippen molar-refractivity contribution in [1.29, 1.82) is 0 Å². The Hall–Kier alpha value is -6.38. The molecule has 10 aromatic rings. The van der Waals surface area contributed by atoms with E-state index in [0.29, 0.717) is 16.5 Å². The van der Waals surface area contributed by atoms with Crippen LogP contribution in [-0.2, 0) is 0 Å². The summed E-state index contributed by atoms with van der Waals surface area (Å²) in [5, 5.41) is 6.24. The van der Waals surface area contributed by atoms with Gasteiger partial charge in [0.2, 0.25) is 0 Å². The van der Waals surface area contributed by atoms with Crippen LogP contribution in [-0.4, -0.2) is 39.2 Å². The molecule has 0 aliphatic heterocycles. The number of furan rings is 1. The Morgan fingerprint density at radius 3 is 1.18 bits per heavy atom. The Morgan fingerprint density at radius 2 is 0.625 bits per heavy atom. The highest BCUT2D eigenvalue weighted by atomic mass is 16.3. The summed E-state index contributed by atoms with van der Waals surface area (Å²) in [4.78, 5) is 0. The standard InChI is InChI=1S/C50H27B5O/c51-46-45(47(52)49(54)50(55)48(46)53)44-37-15-6-4-13-35(37)43(36-14-5-7-16-38(36)44)30-19-17-29(18-20-30)33-21-23-41-39(26-33)40-27-34(22-24-42(40)56-41)32-12-8-11-31(25-32)28-9-2-1-3-10-28/h1-27H. The molecule has 0 spiro atoms. The zero-order valence-corrected chi connectivity index (χ0v) is 30.4. The fraction of sp³-hybridized carbons (Fsp3) is 0. The Labute approximate surface area is 332 Å². The van der Waals surface area contributed by atoms with E-state index >= 15 is 0 Å². The van der Waals surface area contributed by atoms with Gasteiger partial charge < -0.3 is 4.42 Å². The maximum Gasteiger partial charge on any atom is 0.135 e. The third kappa shape index (κ3) is 5.47. The van der Waals surface area contributed by atoms with Crippen molar-refractivity contribution in [2.75, 3.05) is 0 Å². The molecule has 0 aliphatic rings. The first-order chi connectivity index (χ1) is 27.4. The second-order valence-corrected chi connectivity index (χ2v) is 14.3. The van der Waals surface area contributed by atoms with E-state index in [2.05, 4.69) is 133 Å². The van der Waals surface area contributed by atoms with Crippen molar-refractivity contribution in [1.82, 2.24) is 0 Å². The molecule has 0 saturated carbocycles. The van der Waals surface area contributed by atoms with Crippen LogP contribution in [0.25, 0.3) is 99.1 Å². The lowest BCUT2D eigenvalue weighted by atomic mass is 9.59. The fourth-order valence-corrected chi connectivity index (χ4v) is 8.30. The van der Waals surface area contributed by atoms with E-state index in [9.17, 15) is 0 Å². The highest BCUT2D eigenvalue weighted by Crippen LogP contribution is 2.43. The topological polar surface area (TPSA) is 13.1 Å². The van der Waals surface area contributed by atoms with Crippen LogP contribution in [0.3, 0.4) is 0 Å². The van der Waals surface area contributed by atoms with Crippen molar-refractivity contribution in [3.63, 3.8) is 0 Å². The van der Waals surface area contributed by atoms with Crippen molar-refractivity contribution in [3.8, 4) is 55.6 Å². The first-order valence-electron chi connectivity index (χ1n) is 18.5. The van der Waals surface area contributed by atoms with E-state index in [1.165, 1.54) is 11.1 Å². The molecular weight excluding hydrogens is 671 g/mol. The summed E-state index contributed by atoms with van der Waals surface area (Å²) in [6.07, 6.45) is 0. The molecule has 0 saturated heterocycles. The summed E-state index contributed by atoms with van der Waals surface area (Å²) in [6.45, 7) is 0. The largest absolute Gasteiger partial charge is 0.456 e. The predicted octanol–water partition coefficient (Wildman–Crippen LogP) is 8.20. The number of rotatable bonds is 5. The Morgan fingerprint density at radius 1 is 0.250 bits per heavy atom. The maximum atomic E-state index is 6.66. The molecule has 0 N–H and O–H groups in total. The third-order valence-corrected chi connectivity index (χ3v) is 11.2. The van der Waals surface area contributed by atoms with Crippen LogP contribution < -0.4 is 27.3 Å². The first-order valence-corrected chi connectivity index (χ1v) is 18.5. The average Bonchev–Trinajstić information content (AvgIpc) is 3.62. The van der Waals surface area contributed by atoms with Crippen molar-refractivity contribution in [2.45, 2.75) is 0 Å². The minimum Gasteiger partial charge on any atom is -0.456 e.